The fraction of sp³-hybridized carbons (Fsp3) is 0.357. The number of carbonyl (C=O) groups excluding carboxylic acids is 4. The summed E-state index contributed by atoms with van der Waals surface area (Å²) >= 11 is 9.58. The summed E-state index contributed by atoms with van der Waals surface area (Å²) in [6.07, 6.45) is 0. The van der Waals surface area contributed by atoms with Gasteiger partial charge in [0, 0.05) is 22.6 Å². The first-order valence-electron chi connectivity index (χ1n) is 13.9. The van der Waals surface area contributed by atoms with E-state index in [1.54, 1.807) is 0 Å². The van der Waals surface area contributed by atoms with Crippen molar-refractivity contribution in [3.8, 4) is 0 Å². The lowest BCUT2D eigenvalue weighted by Crippen LogP contribution is -2.43. The zero-order chi connectivity index (χ0) is 36.4. The molecule has 49 heavy (non-hydrogen) atoms. The van der Waals surface area contributed by atoms with Crippen molar-refractivity contribution in [3.63, 3.8) is 0 Å². The number of hydrogen-bond acceptors (Lipinski definition) is 18. The van der Waals surface area contributed by atoms with Gasteiger partial charge in [-0.2, -0.15) is 0 Å². The first-order valence-corrected chi connectivity index (χ1v) is 20.9. The number of esters is 2. The van der Waals surface area contributed by atoms with Crippen molar-refractivity contribution in [1.29, 1.82) is 0 Å². The summed E-state index contributed by atoms with van der Waals surface area (Å²) in [6, 6.07) is 7.27. The van der Waals surface area contributed by atoms with Gasteiger partial charge in [-0.1, -0.05) is 46.0 Å². The molecule has 0 fully saturated rings. The highest BCUT2D eigenvalue weighted by Crippen LogP contribution is 2.23. The molecule has 0 heterocycles. The zero-order valence-electron chi connectivity index (χ0n) is 25.9. The second-order valence-corrected chi connectivity index (χ2v) is 16.3. The molecule has 0 spiro atoms. The SMILES string of the molecule is COC(=O)C(CSSN[C@@H](C=S)CO)NC(=O)c1ccc(S(=O)(=O)c2ccc(C(=O)NC(CSSN[C@@H](C=S)CO)C(=O)OC)cc2)cc1. The third-order valence-corrected chi connectivity index (χ3v) is 12.7. The summed E-state index contributed by atoms with van der Waals surface area (Å²) in [4.78, 5) is 50.0. The standard InChI is InChI=1S/C28H34N4O10S7/c1-41-27(37)23(15-45-47-31-19(11-33)13-43)29-25(35)17-3-7-21(8-4-17)49(39,40)22-9-5-18(6-10-22)26(36)30-24(28(38)42-2)16-46-48-32-20(12-34)14-44/h3-10,13-14,19-20,23-24,31-34H,11-12,15-16H2,1-2H3,(H,29,35)(H,30,36)/t19-,20-,23?,24?/m1/s1. The van der Waals surface area contributed by atoms with E-state index >= 15 is 0 Å². The summed E-state index contributed by atoms with van der Waals surface area (Å²) in [5.41, 5.74) is 0.187. The Labute approximate surface area is 310 Å². The number of rotatable bonds is 22. The molecule has 0 saturated carbocycles. The molecule has 4 atom stereocenters. The number of nitrogens with one attached hydrogen (secondary N) is 4. The van der Waals surface area contributed by atoms with Gasteiger partial charge in [0.2, 0.25) is 9.84 Å². The summed E-state index contributed by atoms with van der Waals surface area (Å²) in [6.45, 7) is -0.410. The molecule has 0 bridgehead atoms. The molecule has 6 N–H and O–H groups in total. The molecule has 2 rings (SSSR count). The number of hydrogen-bond donors (Lipinski definition) is 6. The topological polar surface area (TPSA) is 209 Å². The van der Waals surface area contributed by atoms with E-state index in [4.69, 9.17) is 33.9 Å². The Balaban J connectivity index is 2.05. The molecular weight excluding hydrogens is 777 g/mol. The number of sulfone groups is 1. The first kappa shape index (κ1) is 42.9. The van der Waals surface area contributed by atoms with Crippen molar-refractivity contribution in [2.75, 3.05) is 38.9 Å². The van der Waals surface area contributed by atoms with Gasteiger partial charge in [0.15, 0.2) is 0 Å². The third kappa shape index (κ3) is 13.7. The van der Waals surface area contributed by atoms with Crippen molar-refractivity contribution < 1.29 is 47.3 Å². The summed E-state index contributed by atoms with van der Waals surface area (Å²) in [5.74, 6) is -2.40. The molecule has 14 nitrogen and oxygen atoms in total. The van der Waals surface area contributed by atoms with Crippen LogP contribution in [0.2, 0.25) is 0 Å². The predicted molar refractivity (Wildman–Crippen MR) is 200 cm³/mol. The van der Waals surface area contributed by atoms with E-state index in [1.165, 1.54) is 95.1 Å². The molecule has 2 aromatic rings. The van der Waals surface area contributed by atoms with Crippen molar-refractivity contribution in [2.45, 2.75) is 34.0 Å². The van der Waals surface area contributed by atoms with Crippen LogP contribution in [0, 0.1) is 0 Å². The quantitative estimate of drug-likeness (QED) is 0.0328. The number of ether oxygens (including phenoxy) is 2. The average Bonchev–Trinajstić information content (AvgIpc) is 3.13. The molecule has 0 aliphatic rings. The Kier molecular flexibility index (Phi) is 19.7. The largest absolute Gasteiger partial charge is 0.467 e. The van der Waals surface area contributed by atoms with Gasteiger partial charge in [-0.25, -0.2) is 27.5 Å². The lowest BCUT2D eigenvalue weighted by molar-refractivity contribution is -0.143. The molecule has 0 saturated heterocycles. The van der Waals surface area contributed by atoms with Crippen molar-refractivity contribution in [1.82, 2.24) is 20.1 Å². The molecule has 2 amide bonds. The van der Waals surface area contributed by atoms with Gasteiger partial charge in [-0.15, -0.1) is 0 Å². The highest BCUT2D eigenvalue weighted by Gasteiger charge is 2.25. The van der Waals surface area contributed by atoms with Crippen LogP contribution in [-0.4, -0.2) is 116 Å². The lowest BCUT2D eigenvalue weighted by atomic mass is 10.2. The summed E-state index contributed by atoms with van der Waals surface area (Å²) in [7, 11) is 2.96. The van der Waals surface area contributed by atoms with Crippen molar-refractivity contribution in [2.24, 2.45) is 0 Å². The number of aliphatic hydroxyl groups is 2. The minimum absolute atomic E-state index is 0.0936. The normalized spacial score (nSPS) is 13.6. The highest BCUT2D eigenvalue weighted by atomic mass is 33.1. The molecule has 2 aromatic carbocycles. The fourth-order valence-electron chi connectivity index (χ4n) is 3.42. The van der Waals surface area contributed by atoms with E-state index in [0.717, 1.165) is 22.0 Å². The van der Waals surface area contributed by atoms with Crippen LogP contribution in [0.15, 0.2) is 58.3 Å². The predicted octanol–water partition coefficient (Wildman–Crippen LogP) is 1.56. The number of amides is 2. The van der Waals surface area contributed by atoms with Gasteiger partial charge in [0.1, 0.15) is 12.1 Å². The Morgan fingerprint density at radius 3 is 1.35 bits per heavy atom. The Bertz CT molecular complexity index is 1430. The molecule has 268 valence electrons. The van der Waals surface area contributed by atoms with E-state index in [0.29, 0.717) is 0 Å². The van der Waals surface area contributed by atoms with Crippen LogP contribution in [0.4, 0.5) is 0 Å². The molecule has 0 radical (unpaired) electrons. The zero-order valence-corrected chi connectivity index (χ0v) is 31.6. The molecule has 21 heteroatoms. The second-order valence-electron chi connectivity index (χ2n) is 9.47. The maximum Gasteiger partial charge on any atom is 0.329 e. The van der Waals surface area contributed by atoms with Crippen LogP contribution in [0.5, 0.6) is 0 Å². The molecule has 2 unspecified atom stereocenters. The minimum Gasteiger partial charge on any atom is -0.467 e. The first-order chi connectivity index (χ1) is 23.4. The van der Waals surface area contributed by atoms with Crippen LogP contribution >= 0.6 is 68.0 Å². The molecule has 0 aromatic heterocycles. The third-order valence-electron chi connectivity index (χ3n) is 6.14. The molecule has 0 aliphatic heterocycles. The van der Waals surface area contributed by atoms with E-state index in [-0.39, 0.29) is 45.6 Å². The van der Waals surface area contributed by atoms with Gasteiger partial charge < -0.3 is 30.3 Å². The van der Waals surface area contributed by atoms with Crippen LogP contribution in [0.25, 0.3) is 0 Å². The van der Waals surface area contributed by atoms with Gasteiger partial charge in [0.25, 0.3) is 11.8 Å². The number of aliphatic hydroxyl groups excluding tert-OH is 2. The van der Waals surface area contributed by atoms with Gasteiger partial charge in [0.05, 0.1) is 49.3 Å². The van der Waals surface area contributed by atoms with E-state index < -0.39 is 57.8 Å². The second kappa shape index (κ2) is 22.5. The lowest BCUT2D eigenvalue weighted by Gasteiger charge is -2.17. The monoisotopic (exact) mass is 810 g/mol. The molecule has 0 aliphatic carbocycles. The Hall–Kier alpha value is -2.31. The van der Waals surface area contributed by atoms with E-state index in [1.807, 2.05) is 0 Å². The van der Waals surface area contributed by atoms with Gasteiger partial charge in [-0.05, 0) is 81.2 Å². The number of methoxy groups -OCH3 is 2. The van der Waals surface area contributed by atoms with Crippen LogP contribution < -0.4 is 20.1 Å². The average molecular weight is 811 g/mol. The smallest absolute Gasteiger partial charge is 0.329 e. The highest BCUT2D eigenvalue weighted by molar-refractivity contribution is 8.76. The van der Waals surface area contributed by atoms with Crippen LogP contribution in [0.1, 0.15) is 20.7 Å². The van der Waals surface area contributed by atoms with Gasteiger partial charge >= 0.3 is 11.9 Å². The van der Waals surface area contributed by atoms with Crippen molar-refractivity contribution >= 4 is 112 Å². The minimum atomic E-state index is -4.05. The van der Waals surface area contributed by atoms with E-state index in [9.17, 15) is 37.8 Å². The summed E-state index contributed by atoms with van der Waals surface area (Å²) in [5, 5.41) is 26.2. The van der Waals surface area contributed by atoms with Crippen molar-refractivity contribution in [3.05, 3.63) is 59.7 Å². The van der Waals surface area contributed by atoms with Gasteiger partial charge in [-0.3, -0.25) is 9.59 Å². The van der Waals surface area contributed by atoms with E-state index in [2.05, 4.69) is 20.1 Å². The number of carbonyl (C=O) groups is 4. The Morgan fingerprint density at radius 1 is 0.714 bits per heavy atom. The maximum atomic E-state index is 13.3. The molecular formula is C28H34N4O10S7. The summed E-state index contributed by atoms with van der Waals surface area (Å²) < 4.78 is 41.9. The Morgan fingerprint density at radius 2 is 1.06 bits per heavy atom. The van der Waals surface area contributed by atoms with Crippen LogP contribution in [-0.2, 0) is 28.9 Å². The number of thiocarbonyl (C=S) groups is 2. The van der Waals surface area contributed by atoms with Crippen LogP contribution in [0.3, 0.4) is 0 Å². The number of benzene rings is 2. The fourth-order valence-corrected chi connectivity index (χ4v) is 9.06. The maximum absolute atomic E-state index is 13.3.